The molecule has 0 aromatic rings. The van der Waals surface area contributed by atoms with Crippen LogP contribution in [-0.4, -0.2) is 26.0 Å². The van der Waals surface area contributed by atoms with Gasteiger partial charge in [-0.3, -0.25) is 0 Å². The summed E-state index contributed by atoms with van der Waals surface area (Å²) in [5.74, 6) is 0. The van der Waals surface area contributed by atoms with Gasteiger partial charge in [-0.15, -0.1) is 0 Å². The summed E-state index contributed by atoms with van der Waals surface area (Å²) >= 11 is 0. The molecule has 0 bridgehead atoms. The molecule has 74 valence electrons. The van der Waals surface area contributed by atoms with Crippen molar-refractivity contribution in [3.63, 3.8) is 0 Å². The van der Waals surface area contributed by atoms with Gasteiger partial charge in [0.2, 0.25) is 0 Å². The van der Waals surface area contributed by atoms with Gasteiger partial charge in [0.05, 0.1) is 6.10 Å². The highest BCUT2D eigenvalue weighted by Gasteiger charge is 2.35. The van der Waals surface area contributed by atoms with E-state index in [0.717, 1.165) is 31.8 Å². The van der Waals surface area contributed by atoms with Crippen LogP contribution in [0.25, 0.3) is 0 Å². The Bertz CT molecular complexity index is 293. The largest absolute Gasteiger partial charge is 0.381 e. The molecule has 0 radical (unpaired) electrons. The molecule has 3 heteroatoms. The van der Waals surface area contributed by atoms with Crippen LogP contribution in [0.4, 0.5) is 0 Å². The monoisotopic (exact) mass is 200 g/mol. The molecule has 2 rings (SSSR count). The molecule has 0 fully saturated rings. The lowest BCUT2D eigenvalue weighted by Crippen LogP contribution is -2.15. The van der Waals surface area contributed by atoms with E-state index in [1.165, 1.54) is 10.9 Å². The fourth-order valence-corrected chi connectivity index (χ4v) is 4.87. The molecule has 2 nitrogen and oxygen atoms in total. The Hall–Kier alpha value is -0.0700. The highest BCUT2D eigenvalue weighted by atomic mass is 31.2. The predicted octanol–water partition coefficient (Wildman–Crippen LogP) is 2.84. The average Bonchev–Trinajstić information content (AvgIpc) is 2.42. The fraction of sp³-hybridized carbons (Fsp3) is 0.800. The second-order valence-electron chi connectivity index (χ2n) is 4.23. The van der Waals surface area contributed by atoms with E-state index >= 15 is 0 Å². The Morgan fingerprint density at radius 1 is 1.46 bits per heavy atom. The van der Waals surface area contributed by atoms with Crippen LogP contribution in [0.5, 0.6) is 0 Å². The van der Waals surface area contributed by atoms with Gasteiger partial charge in [0.1, 0.15) is 7.14 Å². The molecule has 0 saturated carbocycles. The Kier molecular flexibility index (Phi) is 2.37. The summed E-state index contributed by atoms with van der Waals surface area (Å²) in [5.41, 5.74) is 1.49. The minimum Gasteiger partial charge on any atom is -0.381 e. The quantitative estimate of drug-likeness (QED) is 0.608. The molecule has 1 aliphatic carbocycles. The van der Waals surface area contributed by atoms with Gasteiger partial charge in [-0.05, 0) is 31.2 Å². The zero-order valence-electron chi connectivity index (χ0n) is 8.38. The van der Waals surface area contributed by atoms with Crippen LogP contribution in [0.3, 0.4) is 0 Å². The minimum atomic E-state index is -1.93. The molecule has 2 atom stereocenters. The minimum absolute atomic E-state index is 0.324. The lowest BCUT2D eigenvalue weighted by atomic mass is 9.95. The molecule has 2 aliphatic rings. The van der Waals surface area contributed by atoms with Crippen LogP contribution < -0.4 is 0 Å². The van der Waals surface area contributed by atoms with Gasteiger partial charge < -0.3 is 9.30 Å². The van der Waals surface area contributed by atoms with Gasteiger partial charge in [-0.2, -0.15) is 0 Å². The van der Waals surface area contributed by atoms with E-state index in [1.807, 2.05) is 6.66 Å². The van der Waals surface area contributed by atoms with Crippen LogP contribution in [0.15, 0.2) is 10.9 Å². The van der Waals surface area contributed by atoms with Gasteiger partial charge in [-0.25, -0.2) is 0 Å². The third kappa shape index (κ3) is 1.62. The normalized spacial score (nSPS) is 39.4. The Labute approximate surface area is 79.7 Å². The molecular weight excluding hydrogens is 183 g/mol. The number of allylic oxidation sites excluding steroid dienone is 1. The first-order valence-electron chi connectivity index (χ1n) is 4.94. The molecule has 0 aromatic carbocycles. The van der Waals surface area contributed by atoms with E-state index in [1.54, 1.807) is 7.11 Å². The maximum Gasteiger partial charge on any atom is 0.109 e. The van der Waals surface area contributed by atoms with Crippen molar-refractivity contribution < 1.29 is 9.30 Å². The van der Waals surface area contributed by atoms with Crippen LogP contribution in [0, 0.1) is 0 Å². The van der Waals surface area contributed by atoms with E-state index in [0.29, 0.717) is 6.10 Å². The summed E-state index contributed by atoms with van der Waals surface area (Å²) in [4.78, 5) is 0. The van der Waals surface area contributed by atoms with Gasteiger partial charge in [0.15, 0.2) is 0 Å². The summed E-state index contributed by atoms with van der Waals surface area (Å²) in [5, 5.41) is 1.27. The average molecular weight is 200 g/mol. The molecule has 2 unspecified atom stereocenters. The number of methoxy groups -OCH3 is 1. The standard InChI is InChI=1S/C10H17O2P/c1-12-9-4-3-8-5-6-13(2,11)10(8)7-9/h9H,3-7H2,1-2H3. The lowest BCUT2D eigenvalue weighted by molar-refractivity contribution is 0.0928. The van der Waals surface area contributed by atoms with E-state index in [2.05, 4.69) is 0 Å². The summed E-state index contributed by atoms with van der Waals surface area (Å²) in [7, 11) is -0.170. The molecule has 0 N–H and O–H groups in total. The van der Waals surface area contributed by atoms with Gasteiger partial charge in [0.25, 0.3) is 0 Å². The summed E-state index contributed by atoms with van der Waals surface area (Å²) in [6, 6.07) is 0. The fourth-order valence-electron chi connectivity index (χ4n) is 2.42. The third-order valence-corrected chi connectivity index (χ3v) is 6.06. The summed E-state index contributed by atoms with van der Waals surface area (Å²) in [6.07, 6.45) is 5.49. The van der Waals surface area contributed by atoms with Crippen molar-refractivity contribution in [1.29, 1.82) is 0 Å². The number of hydrogen-bond acceptors (Lipinski definition) is 2. The van der Waals surface area contributed by atoms with E-state index in [-0.39, 0.29) is 0 Å². The Morgan fingerprint density at radius 2 is 2.23 bits per heavy atom. The van der Waals surface area contributed by atoms with Crippen molar-refractivity contribution in [3.8, 4) is 0 Å². The molecule has 0 spiro atoms. The molecule has 1 aliphatic heterocycles. The zero-order valence-corrected chi connectivity index (χ0v) is 9.27. The first-order valence-corrected chi connectivity index (χ1v) is 7.28. The van der Waals surface area contributed by atoms with Crippen LogP contribution in [-0.2, 0) is 9.30 Å². The van der Waals surface area contributed by atoms with Crippen molar-refractivity contribution >= 4 is 7.14 Å². The molecule has 0 saturated heterocycles. The SMILES string of the molecule is COC1CCC2=C(C1)P(C)(=O)CC2. The van der Waals surface area contributed by atoms with Crippen molar-refractivity contribution in [2.45, 2.75) is 31.8 Å². The smallest absolute Gasteiger partial charge is 0.109 e. The number of hydrogen-bond donors (Lipinski definition) is 0. The molecule has 13 heavy (non-hydrogen) atoms. The zero-order chi connectivity index (χ0) is 9.47. The second kappa shape index (κ2) is 3.25. The summed E-state index contributed by atoms with van der Waals surface area (Å²) in [6.45, 7) is 1.94. The molecular formula is C10H17O2P. The second-order valence-corrected chi connectivity index (χ2v) is 7.41. The van der Waals surface area contributed by atoms with E-state index < -0.39 is 7.14 Å². The lowest BCUT2D eigenvalue weighted by Gasteiger charge is -2.24. The van der Waals surface area contributed by atoms with Crippen LogP contribution >= 0.6 is 7.14 Å². The maximum absolute atomic E-state index is 12.1. The molecule has 1 heterocycles. The maximum atomic E-state index is 12.1. The van der Waals surface area contributed by atoms with Crippen molar-refractivity contribution in [2.75, 3.05) is 19.9 Å². The van der Waals surface area contributed by atoms with Gasteiger partial charge in [0, 0.05) is 19.7 Å². The van der Waals surface area contributed by atoms with Crippen LogP contribution in [0.1, 0.15) is 25.7 Å². The third-order valence-electron chi connectivity index (χ3n) is 3.34. The van der Waals surface area contributed by atoms with Crippen LogP contribution in [0.2, 0.25) is 0 Å². The highest BCUT2D eigenvalue weighted by molar-refractivity contribution is 7.67. The molecule has 0 aromatic heterocycles. The van der Waals surface area contributed by atoms with Gasteiger partial charge in [-0.1, -0.05) is 5.57 Å². The van der Waals surface area contributed by atoms with Crippen molar-refractivity contribution in [2.24, 2.45) is 0 Å². The molecule has 0 amide bonds. The van der Waals surface area contributed by atoms with Crippen molar-refractivity contribution in [1.82, 2.24) is 0 Å². The first-order chi connectivity index (χ1) is 6.13. The van der Waals surface area contributed by atoms with Gasteiger partial charge >= 0.3 is 0 Å². The van der Waals surface area contributed by atoms with Crippen molar-refractivity contribution in [3.05, 3.63) is 10.9 Å². The predicted molar refractivity (Wildman–Crippen MR) is 54.7 cm³/mol. The number of rotatable bonds is 1. The highest BCUT2D eigenvalue weighted by Crippen LogP contribution is 2.61. The number of ether oxygens (including phenoxy) is 1. The first kappa shape index (κ1) is 9.48. The Morgan fingerprint density at radius 3 is 2.92 bits per heavy atom. The van der Waals surface area contributed by atoms with E-state index in [4.69, 9.17) is 4.74 Å². The topological polar surface area (TPSA) is 26.3 Å². The Balaban J connectivity index is 2.24. The van der Waals surface area contributed by atoms with E-state index in [9.17, 15) is 4.57 Å². The summed E-state index contributed by atoms with van der Waals surface area (Å²) < 4.78 is 17.5.